The first-order valence-electron chi connectivity index (χ1n) is 19.5. The maximum absolute atomic E-state index is 14.1. The number of carbonyl (C=O) groups is 4. The number of nitrogens with zero attached hydrogens (tertiary/aromatic N) is 6. The van der Waals surface area contributed by atoms with E-state index in [1.165, 1.54) is 12.4 Å². The lowest BCUT2D eigenvalue weighted by Gasteiger charge is -2.55. The molecule has 16 heteroatoms. The van der Waals surface area contributed by atoms with Crippen LogP contribution in [0.5, 0.6) is 11.5 Å². The minimum Gasteiger partial charge on any atom is -0.454 e. The lowest BCUT2D eigenvalue weighted by molar-refractivity contribution is -0.139. The van der Waals surface area contributed by atoms with Gasteiger partial charge in [-0.2, -0.15) is 0 Å². The van der Waals surface area contributed by atoms with Crippen LogP contribution in [0, 0.1) is 18.2 Å². The molecule has 0 aliphatic carbocycles. The van der Waals surface area contributed by atoms with E-state index >= 15 is 0 Å². The highest BCUT2D eigenvalue weighted by molar-refractivity contribution is 6.16. The van der Waals surface area contributed by atoms with Crippen LogP contribution in [0.15, 0.2) is 73.1 Å². The Bertz CT molecular complexity index is 2240. The number of nitrogens with one attached hydrogen (secondary N) is 3. The van der Waals surface area contributed by atoms with Crippen LogP contribution in [-0.2, 0) is 14.4 Å². The molecule has 8 rings (SSSR count). The third kappa shape index (κ3) is 7.84. The van der Waals surface area contributed by atoms with E-state index in [4.69, 9.17) is 15.9 Å². The fourth-order valence-corrected chi connectivity index (χ4v) is 8.15. The van der Waals surface area contributed by atoms with Gasteiger partial charge >= 0.3 is 0 Å². The number of hydrogen-bond acceptors (Lipinski definition) is 13. The SMILES string of the molecule is Cc1ccc(N2CC(N3CC(N4CCC(Nc5ncnc(N)c5C(=N)c5ccc(Oc6ccccc6F)cc5)CC4)C3)C2)cc1C(=O)N(C=O)C1CCC(=O)NC1=O. The summed E-state index contributed by atoms with van der Waals surface area (Å²) < 4.78 is 19.7. The molecule has 15 nitrogen and oxygen atoms in total. The fourth-order valence-electron chi connectivity index (χ4n) is 8.15. The van der Waals surface area contributed by atoms with Crippen molar-refractivity contribution in [1.82, 2.24) is 30.0 Å². The molecule has 4 fully saturated rings. The largest absolute Gasteiger partial charge is 0.454 e. The number of halogens is 1. The number of amides is 4. The number of carbonyl (C=O) groups excluding carboxylic acids is 4. The number of ether oxygens (including phenoxy) is 1. The Morgan fingerprint density at radius 3 is 2.41 bits per heavy atom. The minimum atomic E-state index is -1.01. The third-order valence-electron chi connectivity index (χ3n) is 11.7. The number of nitrogen functional groups attached to an aromatic ring is 1. The summed E-state index contributed by atoms with van der Waals surface area (Å²) in [6.07, 6.45) is 3.78. The van der Waals surface area contributed by atoms with Crippen molar-refractivity contribution >= 4 is 47.2 Å². The van der Waals surface area contributed by atoms with Gasteiger partial charge in [0.25, 0.3) is 5.91 Å². The third-order valence-corrected chi connectivity index (χ3v) is 11.7. The van der Waals surface area contributed by atoms with Crippen molar-refractivity contribution in [2.24, 2.45) is 0 Å². The Morgan fingerprint density at radius 2 is 1.71 bits per heavy atom. The molecule has 0 bridgehead atoms. The van der Waals surface area contributed by atoms with E-state index in [1.54, 1.807) is 55.5 Å². The van der Waals surface area contributed by atoms with Gasteiger partial charge in [0, 0.05) is 80.6 Å². The zero-order chi connectivity index (χ0) is 40.5. The van der Waals surface area contributed by atoms with Crippen molar-refractivity contribution in [2.45, 2.75) is 56.8 Å². The summed E-state index contributed by atoms with van der Waals surface area (Å²) in [5, 5.41) is 14.8. The molecular formula is C42H45FN10O5. The number of rotatable bonds is 12. The maximum Gasteiger partial charge on any atom is 0.261 e. The van der Waals surface area contributed by atoms with Gasteiger partial charge in [0.15, 0.2) is 11.6 Å². The van der Waals surface area contributed by atoms with Crippen LogP contribution in [0.3, 0.4) is 0 Å². The van der Waals surface area contributed by atoms with Crippen molar-refractivity contribution in [3.8, 4) is 11.5 Å². The Balaban J connectivity index is 0.807. The average Bonchev–Trinajstić information content (AvgIpc) is 3.18. The first kappa shape index (κ1) is 38.6. The number of likely N-dealkylation sites (tertiary alicyclic amines) is 2. The van der Waals surface area contributed by atoms with Crippen molar-refractivity contribution < 1.29 is 28.3 Å². The summed E-state index contributed by atoms with van der Waals surface area (Å²) in [4.78, 5) is 66.3. The second-order valence-electron chi connectivity index (χ2n) is 15.3. The Kier molecular flexibility index (Phi) is 10.9. The molecule has 58 heavy (non-hydrogen) atoms. The lowest BCUT2D eigenvalue weighted by Crippen LogP contribution is -2.70. The van der Waals surface area contributed by atoms with Gasteiger partial charge in [-0.15, -0.1) is 0 Å². The maximum atomic E-state index is 14.1. The second kappa shape index (κ2) is 16.3. The van der Waals surface area contributed by atoms with Crippen LogP contribution < -0.4 is 26.0 Å². The van der Waals surface area contributed by atoms with Gasteiger partial charge in [-0.25, -0.2) is 14.4 Å². The summed E-state index contributed by atoms with van der Waals surface area (Å²) in [6.45, 7) is 7.29. The summed E-state index contributed by atoms with van der Waals surface area (Å²) in [5.41, 5.74) is 9.45. The zero-order valence-electron chi connectivity index (χ0n) is 32.1. The predicted molar refractivity (Wildman–Crippen MR) is 214 cm³/mol. The number of piperidine rings is 2. The monoisotopic (exact) mass is 788 g/mol. The average molecular weight is 789 g/mol. The summed E-state index contributed by atoms with van der Waals surface area (Å²) in [7, 11) is 0. The zero-order valence-corrected chi connectivity index (χ0v) is 32.1. The molecule has 4 aromatic rings. The van der Waals surface area contributed by atoms with E-state index in [0.29, 0.717) is 52.3 Å². The molecule has 5 N–H and O–H groups in total. The van der Waals surface area contributed by atoms with Gasteiger partial charge in [-0.05, 0) is 80.3 Å². The van der Waals surface area contributed by atoms with Crippen LogP contribution in [0.4, 0.5) is 21.7 Å². The van der Waals surface area contributed by atoms with Gasteiger partial charge in [0.05, 0.1) is 11.3 Å². The minimum absolute atomic E-state index is 0.0696. The van der Waals surface area contributed by atoms with Crippen LogP contribution in [0.2, 0.25) is 0 Å². The fraction of sp³-hybridized carbons (Fsp3) is 0.357. The Hall–Kier alpha value is -6.26. The smallest absolute Gasteiger partial charge is 0.261 e. The molecule has 1 atom stereocenters. The molecule has 1 unspecified atom stereocenters. The quantitative estimate of drug-likeness (QED) is 0.0930. The van der Waals surface area contributed by atoms with Gasteiger partial charge in [0.2, 0.25) is 18.2 Å². The van der Waals surface area contributed by atoms with Crippen molar-refractivity contribution in [3.63, 3.8) is 0 Å². The first-order chi connectivity index (χ1) is 28.1. The first-order valence-corrected chi connectivity index (χ1v) is 19.5. The van der Waals surface area contributed by atoms with E-state index < -0.39 is 29.6 Å². The molecule has 0 saturated carbocycles. The molecule has 4 aliphatic heterocycles. The Morgan fingerprint density at radius 1 is 0.983 bits per heavy atom. The highest BCUT2D eigenvalue weighted by Crippen LogP contribution is 2.32. The molecule has 0 spiro atoms. The van der Waals surface area contributed by atoms with Gasteiger partial charge in [0.1, 0.15) is 29.8 Å². The van der Waals surface area contributed by atoms with E-state index in [1.807, 2.05) is 12.1 Å². The van der Waals surface area contributed by atoms with Gasteiger partial charge in [-0.3, -0.25) is 44.6 Å². The standard InChI is InChI=1S/C42H45FN10O5/c1-25-6-9-28(18-32(25)42(57)53(24-54)34-12-13-36(55)49-41(34)56)51-21-30(22-51)52-19-29(20-52)50-16-14-27(15-17-50)48-40-37(39(45)46-23-47-40)38(44)26-7-10-31(11-8-26)58-35-5-3-2-4-33(35)43/h2-11,18,23-24,27,29-30,34,44H,12-17,19-22H2,1H3,(H,49,55,56)(H3,45,46,47,48). The highest BCUT2D eigenvalue weighted by Gasteiger charge is 2.42. The lowest BCUT2D eigenvalue weighted by atomic mass is 9.95. The van der Waals surface area contributed by atoms with E-state index in [-0.39, 0.29) is 36.2 Å². The van der Waals surface area contributed by atoms with E-state index in [0.717, 1.165) is 62.7 Å². The van der Waals surface area contributed by atoms with E-state index in [9.17, 15) is 23.6 Å². The molecule has 1 aromatic heterocycles. The highest BCUT2D eigenvalue weighted by atomic mass is 19.1. The number of imide groups is 2. The summed E-state index contributed by atoms with van der Waals surface area (Å²) in [5.74, 6) is -0.764. The summed E-state index contributed by atoms with van der Waals surface area (Å²) >= 11 is 0. The number of anilines is 3. The van der Waals surface area contributed by atoms with Crippen LogP contribution in [-0.4, -0.2) is 118 Å². The molecule has 3 aromatic carbocycles. The molecule has 4 amide bonds. The van der Waals surface area contributed by atoms with Crippen molar-refractivity contribution in [1.29, 1.82) is 5.41 Å². The van der Waals surface area contributed by atoms with Crippen LogP contribution in [0.1, 0.15) is 52.7 Å². The number of para-hydroxylation sites is 1. The molecule has 4 aliphatic rings. The number of aromatic nitrogens is 2. The number of hydrogen-bond donors (Lipinski definition) is 4. The molecule has 0 radical (unpaired) electrons. The predicted octanol–water partition coefficient (Wildman–Crippen LogP) is 3.57. The van der Waals surface area contributed by atoms with Crippen molar-refractivity contribution in [2.75, 3.05) is 55.2 Å². The topological polar surface area (TPSA) is 190 Å². The molecule has 5 heterocycles. The molecule has 4 saturated heterocycles. The van der Waals surface area contributed by atoms with E-state index in [2.05, 4.69) is 35.3 Å². The van der Waals surface area contributed by atoms with Gasteiger partial charge in [-0.1, -0.05) is 18.2 Å². The number of benzene rings is 3. The Labute approximate surface area is 334 Å². The number of aryl methyl sites for hydroxylation is 1. The molecular weight excluding hydrogens is 744 g/mol. The van der Waals surface area contributed by atoms with Crippen LogP contribution in [0.25, 0.3) is 0 Å². The molecule has 300 valence electrons. The van der Waals surface area contributed by atoms with Gasteiger partial charge < -0.3 is 20.7 Å². The second-order valence-corrected chi connectivity index (χ2v) is 15.3. The van der Waals surface area contributed by atoms with Crippen molar-refractivity contribution in [3.05, 3.63) is 101 Å². The summed E-state index contributed by atoms with van der Waals surface area (Å²) in [6, 6.07) is 18.7. The van der Waals surface area contributed by atoms with Crippen LogP contribution >= 0.6 is 0 Å². The number of nitrogens with two attached hydrogens (primary N) is 1. The normalized spacial score (nSPS) is 19.5.